The molecule has 2 aromatic rings. The number of ether oxygens (including phenoxy) is 1. The Labute approximate surface area is 115 Å². The number of rotatable bonds is 3. The molecule has 19 heavy (non-hydrogen) atoms. The van der Waals surface area contributed by atoms with Gasteiger partial charge in [0.25, 0.3) is 0 Å². The lowest BCUT2D eigenvalue weighted by atomic mass is 10.1. The monoisotopic (exact) mass is 276 g/mol. The third-order valence-corrected chi connectivity index (χ3v) is 2.78. The van der Waals surface area contributed by atoms with Crippen LogP contribution in [-0.2, 0) is 0 Å². The van der Waals surface area contributed by atoms with Gasteiger partial charge in [-0.3, -0.25) is 0 Å². The molecule has 0 saturated heterocycles. The molecule has 96 valence electrons. The Morgan fingerprint density at radius 2 is 2.00 bits per heavy atom. The van der Waals surface area contributed by atoms with Crippen LogP contribution in [0, 0.1) is 17.1 Å². The molecule has 0 radical (unpaired) electrons. The van der Waals surface area contributed by atoms with Gasteiger partial charge in [0.2, 0.25) is 0 Å². The summed E-state index contributed by atoms with van der Waals surface area (Å²) >= 11 is 5.82. The van der Waals surface area contributed by atoms with Crippen LogP contribution >= 0.6 is 11.6 Å². The van der Waals surface area contributed by atoms with Crippen LogP contribution in [0.4, 0.5) is 15.8 Å². The van der Waals surface area contributed by atoms with Gasteiger partial charge in [0.05, 0.1) is 24.0 Å². The van der Waals surface area contributed by atoms with Gasteiger partial charge in [-0.25, -0.2) is 4.39 Å². The molecule has 0 amide bonds. The number of hydrogen-bond donors (Lipinski definition) is 1. The lowest BCUT2D eigenvalue weighted by Gasteiger charge is -2.11. The van der Waals surface area contributed by atoms with E-state index < -0.39 is 5.82 Å². The molecule has 0 fully saturated rings. The Balaban J connectivity index is 2.42. The molecular formula is C14H10ClFN2O. The van der Waals surface area contributed by atoms with Gasteiger partial charge in [-0.1, -0.05) is 11.6 Å². The number of methoxy groups -OCH3 is 1. The molecule has 1 N–H and O–H groups in total. The molecule has 5 heteroatoms. The van der Waals surface area contributed by atoms with E-state index in [4.69, 9.17) is 21.6 Å². The first kappa shape index (κ1) is 13.2. The fourth-order valence-electron chi connectivity index (χ4n) is 1.59. The fraction of sp³-hybridized carbons (Fsp3) is 0.0714. The highest BCUT2D eigenvalue weighted by molar-refractivity contribution is 6.30. The second kappa shape index (κ2) is 5.59. The first-order chi connectivity index (χ1) is 9.13. The van der Waals surface area contributed by atoms with Gasteiger partial charge in [0.15, 0.2) is 0 Å². The van der Waals surface area contributed by atoms with E-state index in [9.17, 15) is 4.39 Å². The molecular weight excluding hydrogens is 267 g/mol. The topological polar surface area (TPSA) is 45.0 Å². The van der Waals surface area contributed by atoms with Crippen LogP contribution in [-0.4, -0.2) is 7.11 Å². The Morgan fingerprint density at radius 3 is 2.68 bits per heavy atom. The number of benzene rings is 2. The van der Waals surface area contributed by atoms with Crippen molar-refractivity contribution in [1.82, 2.24) is 0 Å². The molecule has 0 atom stereocenters. The van der Waals surface area contributed by atoms with E-state index in [2.05, 4.69) is 5.32 Å². The number of hydrogen-bond acceptors (Lipinski definition) is 3. The summed E-state index contributed by atoms with van der Waals surface area (Å²) in [5, 5.41) is 12.3. The first-order valence-electron chi connectivity index (χ1n) is 5.44. The van der Waals surface area contributed by atoms with Gasteiger partial charge in [-0.15, -0.1) is 0 Å². The van der Waals surface area contributed by atoms with Crippen molar-refractivity contribution in [3.05, 3.63) is 52.8 Å². The minimum atomic E-state index is -0.448. The number of nitriles is 1. The van der Waals surface area contributed by atoms with Crippen molar-refractivity contribution in [3.63, 3.8) is 0 Å². The lowest BCUT2D eigenvalue weighted by Crippen LogP contribution is -1.97. The molecule has 0 aromatic heterocycles. The van der Waals surface area contributed by atoms with Gasteiger partial charge in [-0.2, -0.15) is 5.26 Å². The van der Waals surface area contributed by atoms with Crippen LogP contribution in [0.1, 0.15) is 5.56 Å². The van der Waals surface area contributed by atoms with Crippen LogP contribution in [0.3, 0.4) is 0 Å². The standard InChI is InChI=1S/C14H10ClFN2O/c1-19-11-4-2-9(8-17)13(7-11)18-14-6-10(15)3-5-12(14)16/h2-7,18H,1H3. The van der Waals surface area contributed by atoms with Crippen molar-refractivity contribution in [2.45, 2.75) is 0 Å². The van der Waals surface area contributed by atoms with Crippen molar-refractivity contribution in [3.8, 4) is 11.8 Å². The predicted molar refractivity (Wildman–Crippen MR) is 72.4 cm³/mol. The molecule has 2 aromatic carbocycles. The van der Waals surface area contributed by atoms with E-state index in [1.807, 2.05) is 6.07 Å². The average Bonchev–Trinajstić information content (AvgIpc) is 2.42. The van der Waals surface area contributed by atoms with Crippen molar-refractivity contribution in [2.24, 2.45) is 0 Å². The molecule has 0 unspecified atom stereocenters. The molecule has 0 bridgehead atoms. The first-order valence-corrected chi connectivity index (χ1v) is 5.82. The van der Waals surface area contributed by atoms with Crippen molar-refractivity contribution >= 4 is 23.0 Å². The summed E-state index contributed by atoms with van der Waals surface area (Å²) in [5.74, 6) is 0.125. The van der Waals surface area contributed by atoms with E-state index in [0.29, 0.717) is 22.0 Å². The zero-order valence-electron chi connectivity index (χ0n) is 10.1. The Kier molecular flexibility index (Phi) is 3.88. The minimum Gasteiger partial charge on any atom is -0.497 e. The quantitative estimate of drug-likeness (QED) is 0.918. The average molecular weight is 277 g/mol. The second-order valence-corrected chi connectivity index (χ2v) is 4.21. The van der Waals surface area contributed by atoms with Crippen LogP contribution in [0.15, 0.2) is 36.4 Å². The molecule has 3 nitrogen and oxygen atoms in total. The predicted octanol–water partition coefficient (Wildman–Crippen LogP) is 4.10. The summed E-state index contributed by atoms with van der Waals surface area (Å²) in [6, 6.07) is 11.1. The van der Waals surface area contributed by atoms with Crippen molar-refractivity contribution < 1.29 is 9.13 Å². The zero-order valence-corrected chi connectivity index (χ0v) is 10.8. The Bertz CT molecular complexity index is 652. The highest BCUT2D eigenvalue weighted by Gasteiger charge is 2.08. The molecule has 0 saturated carbocycles. The normalized spacial score (nSPS) is 9.79. The summed E-state index contributed by atoms with van der Waals surface area (Å²) < 4.78 is 18.7. The Morgan fingerprint density at radius 1 is 1.21 bits per heavy atom. The fourth-order valence-corrected chi connectivity index (χ4v) is 1.76. The smallest absolute Gasteiger partial charge is 0.146 e. The summed E-state index contributed by atoms with van der Waals surface area (Å²) in [5.41, 5.74) is 1.06. The van der Waals surface area contributed by atoms with Gasteiger partial charge < -0.3 is 10.1 Å². The highest BCUT2D eigenvalue weighted by Crippen LogP contribution is 2.28. The number of nitrogens with zero attached hydrogens (tertiary/aromatic N) is 1. The van der Waals surface area contributed by atoms with Crippen LogP contribution in [0.5, 0.6) is 5.75 Å². The molecule has 0 aliphatic heterocycles. The number of nitrogens with one attached hydrogen (secondary N) is 1. The molecule has 2 rings (SSSR count). The van der Waals surface area contributed by atoms with Crippen molar-refractivity contribution in [2.75, 3.05) is 12.4 Å². The summed E-state index contributed by atoms with van der Waals surface area (Å²) in [4.78, 5) is 0. The maximum absolute atomic E-state index is 13.6. The lowest BCUT2D eigenvalue weighted by molar-refractivity contribution is 0.415. The van der Waals surface area contributed by atoms with Crippen LogP contribution < -0.4 is 10.1 Å². The minimum absolute atomic E-state index is 0.206. The van der Waals surface area contributed by atoms with Gasteiger partial charge in [0, 0.05) is 11.1 Å². The van der Waals surface area contributed by atoms with E-state index in [1.165, 1.54) is 25.3 Å². The summed E-state index contributed by atoms with van der Waals surface area (Å²) in [6.45, 7) is 0. The molecule has 0 heterocycles. The van der Waals surface area contributed by atoms with E-state index in [0.717, 1.165) is 0 Å². The summed E-state index contributed by atoms with van der Waals surface area (Å²) in [6.07, 6.45) is 0. The van der Waals surface area contributed by atoms with Crippen molar-refractivity contribution in [1.29, 1.82) is 5.26 Å². The maximum atomic E-state index is 13.6. The maximum Gasteiger partial charge on any atom is 0.146 e. The van der Waals surface area contributed by atoms with Crippen LogP contribution in [0.2, 0.25) is 5.02 Å². The van der Waals surface area contributed by atoms with E-state index in [1.54, 1.807) is 18.2 Å². The molecule has 0 spiro atoms. The van der Waals surface area contributed by atoms with E-state index >= 15 is 0 Å². The van der Waals surface area contributed by atoms with Gasteiger partial charge >= 0.3 is 0 Å². The zero-order chi connectivity index (χ0) is 13.8. The third kappa shape index (κ3) is 2.95. The number of anilines is 2. The highest BCUT2D eigenvalue weighted by atomic mass is 35.5. The third-order valence-electron chi connectivity index (χ3n) is 2.54. The largest absolute Gasteiger partial charge is 0.497 e. The second-order valence-electron chi connectivity index (χ2n) is 3.77. The van der Waals surface area contributed by atoms with E-state index in [-0.39, 0.29) is 5.69 Å². The summed E-state index contributed by atoms with van der Waals surface area (Å²) in [7, 11) is 1.52. The van der Waals surface area contributed by atoms with Crippen LogP contribution in [0.25, 0.3) is 0 Å². The van der Waals surface area contributed by atoms with Gasteiger partial charge in [-0.05, 0) is 30.3 Å². The Hall–Kier alpha value is -2.25. The SMILES string of the molecule is COc1ccc(C#N)c(Nc2cc(Cl)ccc2F)c1. The molecule has 0 aliphatic carbocycles. The van der Waals surface area contributed by atoms with Gasteiger partial charge in [0.1, 0.15) is 17.6 Å². The number of halogens is 2. The molecule has 0 aliphatic rings.